The number of esters is 1. The van der Waals surface area contributed by atoms with Crippen LogP contribution in [0.5, 0.6) is 11.5 Å². The fraction of sp³-hybridized carbons (Fsp3) is 0.489. The van der Waals surface area contributed by atoms with Crippen LogP contribution in [0.1, 0.15) is 82.1 Å². The van der Waals surface area contributed by atoms with Crippen molar-refractivity contribution >= 4 is 5.97 Å². The van der Waals surface area contributed by atoms with Gasteiger partial charge in [-0.25, -0.2) is 4.79 Å². The number of benzene rings is 3. The zero-order valence-electron chi connectivity index (χ0n) is 32.7. The molecule has 290 valence electrons. The summed E-state index contributed by atoms with van der Waals surface area (Å²) in [6.45, 7) is 16.1. The first-order valence-electron chi connectivity index (χ1n) is 19.0. The fourth-order valence-corrected chi connectivity index (χ4v) is 5.99. The molecule has 0 aliphatic rings. The van der Waals surface area contributed by atoms with E-state index in [0.717, 1.165) is 47.1 Å². The lowest BCUT2D eigenvalue weighted by Gasteiger charge is -2.28. The van der Waals surface area contributed by atoms with Crippen LogP contribution in [0.2, 0.25) is 0 Å². The minimum atomic E-state index is -0.596. The van der Waals surface area contributed by atoms with E-state index in [4.69, 9.17) is 23.7 Å². The zero-order valence-corrected chi connectivity index (χ0v) is 32.7. The van der Waals surface area contributed by atoms with Crippen LogP contribution >= 0.6 is 0 Å². The van der Waals surface area contributed by atoms with Gasteiger partial charge in [-0.05, 0) is 110 Å². The second kappa shape index (κ2) is 23.0. The van der Waals surface area contributed by atoms with Crippen molar-refractivity contribution in [1.82, 2.24) is 0 Å². The summed E-state index contributed by atoms with van der Waals surface area (Å²) in [5, 5.41) is 19.9. The molecule has 0 fully saturated rings. The standard InChI is InChI=1S/C45H62O8/c1-8-10-11-12-35-13-15-36(16-14-35)17-18-37-19-21-40(42(29-37)51-27-28-52-43(48)33(3)4)38-20-22-41(50-26-24-45(9-2,31-46)32-47)39(30-38)23-25-53-44(49-7)34(5)6/h13-16,19-22,29-30,44,46-47H,3,5,8-12,17-18,23-28,31-32H2,1-2,4,6-7H3. The Labute approximate surface area is 317 Å². The van der Waals surface area contributed by atoms with E-state index in [1.54, 1.807) is 14.0 Å². The average molecular weight is 731 g/mol. The molecule has 0 bridgehead atoms. The third kappa shape index (κ3) is 14.1. The SMILES string of the molecule is C=C(C)C(=O)OCCOc1cc(CCc2ccc(CCCCC)cc2)ccc1-c1ccc(OCCC(CC)(CO)CO)c(CCOC(OC)C(=C)C)c1. The minimum Gasteiger partial charge on any atom is -0.493 e. The molecule has 3 rings (SSSR count). The van der Waals surface area contributed by atoms with E-state index < -0.39 is 17.7 Å². The number of carbonyl (C=O) groups excluding carboxylic acids is 1. The maximum Gasteiger partial charge on any atom is 0.333 e. The smallest absolute Gasteiger partial charge is 0.333 e. The van der Waals surface area contributed by atoms with Gasteiger partial charge in [0.15, 0.2) is 6.29 Å². The molecule has 8 heteroatoms. The van der Waals surface area contributed by atoms with Crippen molar-refractivity contribution < 1.29 is 38.7 Å². The van der Waals surface area contributed by atoms with Crippen LogP contribution in [0, 0.1) is 5.41 Å². The van der Waals surface area contributed by atoms with Gasteiger partial charge in [0.1, 0.15) is 24.7 Å². The predicted octanol–water partition coefficient (Wildman–Crippen LogP) is 8.63. The predicted molar refractivity (Wildman–Crippen MR) is 212 cm³/mol. The first-order valence-corrected chi connectivity index (χ1v) is 19.0. The van der Waals surface area contributed by atoms with Crippen molar-refractivity contribution in [3.8, 4) is 22.6 Å². The highest BCUT2D eigenvalue weighted by atomic mass is 16.7. The van der Waals surface area contributed by atoms with Gasteiger partial charge in [-0.1, -0.05) is 82.3 Å². The number of rotatable bonds is 26. The van der Waals surface area contributed by atoms with E-state index in [1.165, 1.54) is 30.4 Å². The number of hydrogen-bond acceptors (Lipinski definition) is 8. The molecule has 0 saturated carbocycles. The van der Waals surface area contributed by atoms with E-state index in [2.05, 4.69) is 68.6 Å². The lowest BCUT2D eigenvalue weighted by atomic mass is 9.84. The molecule has 3 aromatic rings. The minimum absolute atomic E-state index is 0.0969. The maximum atomic E-state index is 12.0. The number of aliphatic hydroxyl groups excluding tert-OH is 2. The largest absolute Gasteiger partial charge is 0.493 e. The van der Waals surface area contributed by atoms with Crippen molar-refractivity contribution in [2.45, 2.75) is 91.8 Å². The number of ether oxygens (including phenoxy) is 5. The van der Waals surface area contributed by atoms with Gasteiger partial charge in [-0.15, -0.1) is 0 Å². The topological polar surface area (TPSA) is 104 Å². The van der Waals surface area contributed by atoms with Gasteiger partial charge in [0.25, 0.3) is 0 Å². The Bertz CT molecular complexity index is 1570. The van der Waals surface area contributed by atoms with E-state index in [9.17, 15) is 15.0 Å². The Morgan fingerprint density at radius 3 is 2.04 bits per heavy atom. The number of aryl methyl sites for hydroxylation is 3. The van der Waals surface area contributed by atoms with Gasteiger partial charge in [-0.3, -0.25) is 0 Å². The third-order valence-electron chi connectivity index (χ3n) is 9.70. The summed E-state index contributed by atoms with van der Waals surface area (Å²) in [5.41, 5.74) is 7.10. The molecule has 0 aliphatic heterocycles. The second-order valence-electron chi connectivity index (χ2n) is 14.0. The molecular weight excluding hydrogens is 668 g/mol. The van der Waals surface area contributed by atoms with Crippen molar-refractivity contribution in [2.75, 3.05) is 46.8 Å². The highest BCUT2D eigenvalue weighted by Gasteiger charge is 2.26. The highest BCUT2D eigenvalue weighted by molar-refractivity contribution is 5.86. The molecule has 3 aromatic carbocycles. The summed E-state index contributed by atoms with van der Waals surface area (Å²) in [6, 6.07) is 21.3. The summed E-state index contributed by atoms with van der Waals surface area (Å²) >= 11 is 0. The Morgan fingerprint density at radius 2 is 1.42 bits per heavy atom. The lowest BCUT2D eigenvalue weighted by molar-refractivity contribution is -0.139. The Morgan fingerprint density at radius 1 is 0.755 bits per heavy atom. The summed E-state index contributed by atoms with van der Waals surface area (Å²) in [6.07, 6.45) is 7.74. The van der Waals surface area contributed by atoms with Crippen molar-refractivity contribution in [3.63, 3.8) is 0 Å². The molecule has 1 unspecified atom stereocenters. The van der Waals surface area contributed by atoms with Crippen LogP contribution in [-0.2, 0) is 44.7 Å². The van der Waals surface area contributed by atoms with E-state index in [-0.39, 0.29) is 26.4 Å². The maximum absolute atomic E-state index is 12.0. The Hall–Kier alpha value is -3.95. The molecule has 2 N–H and O–H groups in total. The summed E-state index contributed by atoms with van der Waals surface area (Å²) in [7, 11) is 1.59. The van der Waals surface area contributed by atoms with E-state index in [0.29, 0.717) is 49.5 Å². The molecule has 53 heavy (non-hydrogen) atoms. The number of hydrogen-bond donors (Lipinski definition) is 2. The number of methoxy groups -OCH3 is 1. The van der Waals surface area contributed by atoms with Gasteiger partial charge in [0, 0.05) is 23.7 Å². The lowest BCUT2D eigenvalue weighted by Crippen LogP contribution is -2.31. The van der Waals surface area contributed by atoms with Gasteiger partial charge in [0.05, 0.1) is 26.4 Å². The van der Waals surface area contributed by atoms with Crippen LogP contribution in [0.15, 0.2) is 85.0 Å². The molecule has 0 heterocycles. The molecule has 0 radical (unpaired) electrons. The molecule has 8 nitrogen and oxygen atoms in total. The quantitative estimate of drug-likeness (QED) is 0.0278. The highest BCUT2D eigenvalue weighted by Crippen LogP contribution is 2.35. The van der Waals surface area contributed by atoms with Crippen molar-refractivity contribution in [2.24, 2.45) is 5.41 Å². The summed E-state index contributed by atoms with van der Waals surface area (Å²) < 4.78 is 29.3. The van der Waals surface area contributed by atoms with Crippen LogP contribution in [0.3, 0.4) is 0 Å². The van der Waals surface area contributed by atoms with Gasteiger partial charge in [0.2, 0.25) is 0 Å². The van der Waals surface area contributed by atoms with Gasteiger partial charge < -0.3 is 33.9 Å². The molecule has 0 aromatic heterocycles. The Kier molecular flexibility index (Phi) is 18.8. The molecular formula is C45H62O8. The summed E-state index contributed by atoms with van der Waals surface area (Å²) in [4.78, 5) is 12.0. The third-order valence-corrected chi connectivity index (χ3v) is 9.70. The van der Waals surface area contributed by atoms with Gasteiger partial charge >= 0.3 is 5.97 Å². The second-order valence-corrected chi connectivity index (χ2v) is 14.0. The first kappa shape index (κ1) is 43.5. The number of unbranched alkanes of at least 4 members (excludes halogenated alkanes) is 2. The van der Waals surface area contributed by atoms with Crippen LogP contribution < -0.4 is 9.47 Å². The van der Waals surface area contributed by atoms with Crippen molar-refractivity contribution in [3.05, 3.63) is 107 Å². The van der Waals surface area contributed by atoms with E-state index in [1.807, 2.05) is 26.0 Å². The summed E-state index contributed by atoms with van der Waals surface area (Å²) in [5.74, 6) is 0.944. The Balaban J connectivity index is 1.88. The number of aliphatic hydroxyl groups is 2. The van der Waals surface area contributed by atoms with Crippen LogP contribution in [0.4, 0.5) is 0 Å². The van der Waals surface area contributed by atoms with Crippen molar-refractivity contribution in [1.29, 1.82) is 0 Å². The number of carbonyl (C=O) groups is 1. The van der Waals surface area contributed by atoms with Crippen LogP contribution in [-0.4, -0.2) is 69.2 Å². The molecule has 0 amide bonds. The van der Waals surface area contributed by atoms with Gasteiger partial charge in [-0.2, -0.15) is 0 Å². The molecule has 0 saturated heterocycles. The molecule has 0 spiro atoms. The first-order chi connectivity index (χ1) is 25.6. The normalized spacial score (nSPS) is 12.0. The molecule has 1 atom stereocenters. The monoisotopic (exact) mass is 730 g/mol. The van der Waals surface area contributed by atoms with E-state index >= 15 is 0 Å². The molecule has 0 aliphatic carbocycles. The fourth-order valence-electron chi connectivity index (χ4n) is 5.99. The van der Waals surface area contributed by atoms with Crippen LogP contribution in [0.25, 0.3) is 11.1 Å². The zero-order chi connectivity index (χ0) is 38.6. The average Bonchev–Trinajstić information content (AvgIpc) is 3.17.